The van der Waals surface area contributed by atoms with Crippen molar-refractivity contribution in [3.63, 3.8) is 0 Å². The van der Waals surface area contributed by atoms with Crippen LogP contribution in [-0.4, -0.2) is 40.2 Å². The van der Waals surface area contributed by atoms with Crippen LogP contribution in [0.3, 0.4) is 0 Å². The number of hydrogen-bond acceptors (Lipinski definition) is 5. The number of likely N-dealkylation sites (tertiary alicyclic amines) is 1. The van der Waals surface area contributed by atoms with Gasteiger partial charge in [0.05, 0.1) is 0 Å². The molecule has 0 unspecified atom stereocenters. The van der Waals surface area contributed by atoms with Gasteiger partial charge in [0, 0.05) is 37.7 Å². The molecule has 27 heavy (non-hydrogen) atoms. The summed E-state index contributed by atoms with van der Waals surface area (Å²) in [4.78, 5) is 18.9. The maximum Gasteiger partial charge on any atom is 0.319 e. The molecule has 2 amide bonds. The molecular formula is C20H29N5O2. The van der Waals surface area contributed by atoms with Crippen molar-refractivity contribution in [3.05, 3.63) is 41.5 Å². The van der Waals surface area contributed by atoms with Crippen molar-refractivity contribution < 1.29 is 9.32 Å². The SMILES string of the molecule is CCc1nc(CCNC(=O)Nc2cccc(CN3CCCC[C@@H]3C)c2)no1. The largest absolute Gasteiger partial charge is 0.339 e. The molecule has 0 aliphatic carbocycles. The third-order valence-electron chi connectivity index (χ3n) is 4.96. The van der Waals surface area contributed by atoms with Crippen LogP contribution in [-0.2, 0) is 19.4 Å². The van der Waals surface area contributed by atoms with Crippen LogP contribution in [0.15, 0.2) is 28.8 Å². The molecule has 0 radical (unpaired) electrons. The van der Waals surface area contributed by atoms with Gasteiger partial charge >= 0.3 is 6.03 Å². The molecule has 7 heteroatoms. The second-order valence-corrected chi connectivity index (χ2v) is 7.10. The van der Waals surface area contributed by atoms with Gasteiger partial charge in [-0.1, -0.05) is 30.6 Å². The van der Waals surface area contributed by atoms with Gasteiger partial charge in [-0.3, -0.25) is 4.90 Å². The Balaban J connectivity index is 1.46. The highest BCUT2D eigenvalue weighted by Crippen LogP contribution is 2.20. The number of carbonyl (C=O) groups excluding carboxylic acids is 1. The summed E-state index contributed by atoms with van der Waals surface area (Å²) in [5.41, 5.74) is 2.03. The lowest BCUT2D eigenvalue weighted by atomic mass is 10.0. The standard InChI is InChI=1S/C20H29N5O2/c1-3-19-23-18(24-27-19)10-11-21-20(26)22-17-9-6-8-16(13-17)14-25-12-5-4-7-15(25)2/h6,8-9,13,15H,3-5,7,10-12,14H2,1-2H3,(H2,21,22,26)/t15-/m0/s1. The van der Waals surface area contributed by atoms with Crippen LogP contribution in [0.2, 0.25) is 0 Å². The molecule has 1 atom stereocenters. The van der Waals surface area contributed by atoms with Crippen molar-refractivity contribution in [2.45, 2.75) is 58.5 Å². The molecule has 0 saturated carbocycles. The fourth-order valence-corrected chi connectivity index (χ4v) is 3.37. The Morgan fingerprint density at radius 1 is 1.37 bits per heavy atom. The summed E-state index contributed by atoms with van der Waals surface area (Å²) in [5, 5.41) is 9.61. The molecule has 1 saturated heterocycles. The number of hydrogen-bond donors (Lipinski definition) is 2. The predicted octanol–water partition coefficient (Wildman–Crippen LogP) is 3.37. The van der Waals surface area contributed by atoms with Crippen LogP contribution in [0.4, 0.5) is 10.5 Å². The van der Waals surface area contributed by atoms with E-state index in [-0.39, 0.29) is 6.03 Å². The molecule has 2 aromatic rings. The molecule has 7 nitrogen and oxygen atoms in total. The number of aromatic nitrogens is 2. The third-order valence-corrected chi connectivity index (χ3v) is 4.96. The first kappa shape index (κ1) is 19.4. The van der Waals surface area contributed by atoms with Crippen molar-refractivity contribution in [1.29, 1.82) is 0 Å². The molecule has 2 heterocycles. The minimum absolute atomic E-state index is 0.224. The van der Waals surface area contributed by atoms with Crippen LogP contribution in [0.5, 0.6) is 0 Å². The number of benzene rings is 1. The second-order valence-electron chi connectivity index (χ2n) is 7.10. The summed E-state index contributed by atoms with van der Waals surface area (Å²) in [5.74, 6) is 1.24. The lowest BCUT2D eigenvalue weighted by molar-refractivity contribution is 0.152. The summed E-state index contributed by atoms with van der Waals surface area (Å²) in [6, 6.07) is 8.47. The molecule has 3 rings (SSSR count). The Morgan fingerprint density at radius 2 is 2.26 bits per heavy atom. The molecule has 1 aliphatic heterocycles. The quantitative estimate of drug-likeness (QED) is 0.780. The third kappa shape index (κ3) is 5.79. The molecular weight excluding hydrogens is 342 g/mol. The van der Waals surface area contributed by atoms with Gasteiger partial charge in [-0.05, 0) is 44.0 Å². The van der Waals surface area contributed by atoms with E-state index in [9.17, 15) is 4.79 Å². The van der Waals surface area contributed by atoms with Gasteiger partial charge in [0.2, 0.25) is 5.89 Å². The first-order valence-corrected chi connectivity index (χ1v) is 9.83. The van der Waals surface area contributed by atoms with Crippen molar-refractivity contribution in [2.75, 3.05) is 18.4 Å². The number of piperidine rings is 1. The summed E-state index contributed by atoms with van der Waals surface area (Å²) in [6.07, 6.45) is 5.12. The van der Waals surface area contributed by atoms with E-state index in [1.165, 1.54) is 24.8 Å². The van der Waals surface area contributed by atoms with Crippen LogP contribution in [0.1, 0.15) is 50.4 Å². The van der Waals surface area contributed by atoms with E-state index in [0.29, 0.717) is 37.1 Å². The fraction of sp³-hybridized carbons (Fsp3) is 0.550. The average molecular weight is 371 g/mol. The highest BCUT2D eigenvalue weighted by Gasteiger charge is 2.18. The highest BCUT2D eigenvalue weighted by molar-refractivity contribution is 5.89. The lowest BCUT2D eigenvalue weighted by Gasteiger charge is -2.33. The van der Waals surface area contributed by atoms with Gasteiger partial charge in [-0.25, -0.2) is 4.79 Å². The topological polar surface area (TPSA) is 83.3 Å². The monoisotopic (exact) mass is 371 g/mol. The first-order valence-electron chi connectivity index (χ1n) is 9.83. The number of urea groups is 1. The van der Waals surface area contributed by atoms with E-state index in [4.69, 9.17) is 4.52 Å². The Morgan fingerprint density at radius 3 is 3.04 bits per heavy atom. The van der Waals surface area contributed by atoms with E-state index < -0.39 is 0 Å². The fourth-order valence-electron chi connectivity index (χ4n) is 3.37. The van der Waals surface area contributed by atoms with Gasteiger partial charge in [-0.15, -0.1) is 0 Å². The van der Waals surface area contributed by atoms with E-state index in [0.717, 1.165) is 18.8 Å². The zero-order chi connectivity index (χ0) is 19.1. The van der Waals surface area contributed by atoms with Crippen molar-refractivity contribution in [3.8, 4) is 0 Å². The summed E-state index contributed by atoms with van der Waals surface area (Å²) in [7, 11) is 0. The lowest BCUT2D eigenvalue weighted by Crippen LogP contribution is -2.36. The number of aryl methyl sites for hydroxylation is 1. The van der Waals surface area contributed by atoms with E-state index in [1.807, 2.05) is 25.1 Å². The highest BCUT2D eigenvalue weighted by atomic mass is 16.5. The Kier molecular flexibility index (Phi) is 6.81. The normalized spacial score (nSPS) is 17.6. The number of anilines is 1. The maximum absolute atomic E-state index is 12.1. The molecule has 1 aromatic heterocycles. The summed E-state index contributed by atoms with van der Waals surface area (Å²) >= 11 is 0. The first-order chi connectivity index (χ1) is 13.1. The van der Waals surface area contributed by atoms with Gasteiger partial charge in [0.15, 0.2) is 5.82 Å². The second kappa shape index (κ2) is 9.50. The maximum atomic E-state index is 12.1. The van der Waals surface area contributed by atoms with Crippen molar-refractivity contribution >= 4 is 11.7 Å². The Hall–Kier alpha value is -2.41. The van der Waals surface area contributed by atoms with Crippen molar-refractivity contribution in [2.24, 2.45) is 0 Å². The van der Waals surface area contributed by atoms with Crippen LogP contribution < -0.4 is 10.6 Å². The minimum Gasteiger partial charge on any atom is -0.339 e. The van der Waals surface area contributed by atoms with Crippen LogP contribution in [0.25, 0.3) is 0 Å². The molecule has 1 aliphatic rings. The van der Waals surface area contributed by atoms with Crippen LogP contribution >= 0.6 is 0 Å². The average Bonchev–Trinajstić information content (AvgIpc) is 3.12. The number of nitrogens with zero attached hydrogens (tertiary/aromatic N) is 3. The number of carbonyl (C=O) groups is 1. The summed E-state index contributed by atoms with van der Waals surface area (Å²) in [6.45, 7) is 6.79. The molecule has 146 valence electrons. The van der Waals surface area contributed by atoms with E-state index >= 15 is 0 Å². The van der Waals surface area contributed by atoms with Gasteiger partial charge in [0.25, 0.3) is 0 Å². The van der Waals surface area contributed by atoms with Gasteiger partial charge < -0.3 is 15.2 Å². The molecule has 2 N–H and O–H groups in total. The van der Waals surface area contributed by atoms with Gasteiger partial charge in [-0.2, -0.15) is 4.98 Å². The van der Waals surface area contributed by atoms with Gasteiger partial charge in [0.1, 0.15) is 0 Å². The molecule has 1 fully saturated rings. The zero-order valence-electron chi connectivity index (χ0n) is 16.2. The zero-order valence-corrected chi connectivity index (χ0v) is 16.2. The smallest absolute Gasteiger partial charge is 0.319 e. The number of rotatable bonds is 7. The molecule has 0 spiro atoms. The molecule has 0 bridgehead atoms. The number of nitrogens with one attached hydrogen (secondary N) is 2. The summed E-state index contributed by atoms with van der Waals surface area (Å²) < 4.78 is 5.06. The Labute approximate surface area is 160 Å². The van der Waals surface area contributed by atoms with E-state index in [2.05, 4.69) is 38.7 Å². The number of amides is 2. The Bertz CT molecular complexity index is 745. The van der Waals surface area contributed by atoms with Crippen molar-refractivity contribution in [1.82, 2.24) is 20.4 Å². The predicted molar refractivity (Wildman–Crippen MR) is 105 cm³/mol. The minimum atomic E-state index is -0.224. The van der Waals surface area contributed by atoms with E-state index in [1.54, 1.807) is 0 Å². The van der Waals surface area contributed by atoms with Crippen LogP contribution in [0, 0.1) is 0 Å². The molecule has 1 aromatic carbocycles.